The molecule has 0 fully saturated rings. The van der Waals surface area contributed by atoms with Crippen molar-refractivity contribution in [1.82, 2.24) is 14.5 Å². The standard InChI is InChI=1S/C18H24N4O/c1-4-23-11-15-21-16-17(22(15)10-9-12(2)3)13-7-5-6-8-14(13)20-18(16)19/h5-8,12H,4,9-11H2,1-3H3,(H2,19,20). The molecule has 3 rings (SSSR count). The molecule has 0 aliphatic carbocycles. The average Bonchev–Trinajstić information content (AvgIpc) is 2.90. The molecule has 0 amide bonds. The number of hydrogen-bond donors (Lipinski definition) is 1. The predicted molar refractivity (Wildman–Crippen MR) is 94.2 cm³/mol. The maximum atomic E-state index is 6.16. The number of benzene rings is 1. The molecule has 2 N–H and O–H groups in total. The Balaban J connectivity index is 2.23. The number of anilines is 1. The molecule has 0 saturated carbocycles. The van der Waals surface area contributed by atoms with Crippen LogP contribution < -0.4 is 5.73 Å². The molecule has 0 aliphatic rings. The molecule has 0 atom stereocenters. The fourth-order valence-corrected chi connectivity index (χ4v) is 2.84. The monoisotopic (exact) mass is 312 g/mol. The minimum Gasteiger partial charge on any atom is -0.382 e. The van der Waals surface area contributed by atoms with Crippen LogP contribution in [0.2, 0.25) is 0 Å². The second kappa shape index (κ2) is 6.54. The van der Waals surface area contributed by atoms with Crippen molar-refractivity contribution >= 4 is 27.8 Å². The lowest BCUT2D eigenvalue weighted by molar-refractivity contribution is 0.125. The predicted octanol–water partition coefficient (Wildman–Crippen LogP) is 3.75. The van der Waals surface area contributed by atoms with Crippen LogP contribution in [0, 0.1) is 5.92 Å². The van der Waals surface area contributed by atoms with Crippen LogP contribution in [0.15, 0.2) is 24.3 Å². The van der Waals surface area contributed by atoms with Crippen LogP contribution in [0.4, 0.5) is 5.82 Å². The summed E-state index contributed by atoms with van der Waals surface area (Å²) in [4.78, 5) is 9.22. The number of hydrogen-bond acceptors (Lipinski definition) is 4. The van der Waals surface area contributed by atoms with E-state index >= 15 is 0 Å². The molecule has 23 heavy (non-hydrogen) atoms. The van der Waals surface area contributed by atoms with E-state index < -0.39 is 0 Å². The number of pyridine rings is 1. The summed E-state index contributed by atoms with van der Waals surface area (Å²) in [7, 11) is 0. The van der Waals surface area contributed by atoms with Crippen LogP contribution in [0.1, 0.15) is 33.0 Å². The van der Waals surface area contributed by atoms with Gasteiger partial charge in [-0.1, -0.05) is 32.0 Å². The highest BCUT2D eigenvalue weighted by Gasteiger charge is 2.17. The Morgan fingerprint density at radius 3 is 2.74 bits per heavy atom. The quantitative estimate of drug-likeness (QED) is 0.753. The van der Waals surface area contributed by atoms with E-state index in [0.717, 1.165) is 40.7 Å². The van der Waals surface area contributed by atoms with Gasteiger partial charge in [-0.2, -0.15) is 0 Å². The third-order valence-corrected chi connectivity index (χ3v) is 4.05. The van der Waals surface area contributed by atoms with Crippen molar-refractivity contribution in [2.24, 2.45) is 5.92 Å². The van der Waals surface area contributed by atoms with E-state index in [2.05, 4.69) is 29.5 Å². The van der Waals surface area contributed by atoms with Gasteiger partial charge >= 0.3 is 0 Å². The van der Waals surface area contributed by atoms with E-state index in [0.29, 0.717) is 24.9 Å². The molecule has 5 heteroatoms. The molecule has 0 saturated heterocycles. The van der Waals surface area contributed by atoms with Gasteiger partial charge in [-0.25, -0.2) is 9.97 Å². The minimum absolute atomic E-state index is 0.486. The molecule has 0 spiro atoms. The van der Waals surface area contributed by atoms with Crippen molar-refractivity contribution in [1.29, 1.82) is 0 Å². The van der Waals surface area contributed by atoms with E-state index in [4.69, 9.17) is 15.5 Å². The number of nitrogen functional groups attached to an aromatic ring is 1. The molecular weight excluding hydrogens is 288 g/mol. The third kappa shape index (κ3) is 3.01. The van der Waals surface area contributed by atoms with Gasteiger partial charge in [-0.05, 0) is 25.3 Å². The second-order valence-electron chi connectivity index (χ2n) is 6.21. The normalized spacial score (nSPS) is 11.8. The van der Waals surface area contributed by atoms with E-state index in [1.54, 1.807) is 0 Å². The summed E-state index contributed by atoms with van der Waals surface area (Å²) in [5.74, 6) is 2.03. The zero-order valence-electron chi connectivity index (χ0n) is 14.0. The maximum absolute atomic E-state index is 6.16. The molecule has 2 heterocycles. The van der Waals surface area contributed by atoms with E-state index in [9.17, 15) is 0 Å². The first kappa shape index (κ1) is 15.7. The van der Waals surface area contributed by atoms with Crippen LogP contribution in [-0.2, 0) is 17.9 Å². The number of para-hydroxylation sites is 1. The van der Waals surface area contributed by atoms with E-state index in [-0.39, 0.29) is 0 Å². The molecule has 3 aromatic rings. The number of imidazole rings is 1. The van der Waals surface area contributed by atoms with Gasteiger partial charge in [0.25, 0.3) is 0 Å². The number of aryl methyl sites for hydroxylation is 1. The third-order valence-electron chi connectivity index (χ3n) is 4.05. The largest absolute Gasteiger partial charge is 0.382 e. The van der Waals surface area contributed by atoms with Crippen LogP contribution >= 0.6 is 0 Å². The lowest BCUT2D eigenvalue weighted by Gasteiger charge is -2.12. The zero-order valence-corrected chi connectivity index (χ0v) is 14.0. The lowest BCUT2D eigenvalue weighted by Crippen LogP contribution is -2.08. The fourth-order valence-electron chi connectivity index (χ4n) is 2.84. The Morgan fingerprint density at radius 2 is 2.00 bits per heavy atom. The van der Waals surface area contributed by atoms with Crippen LogP contribution in [0.25, 0.3) is 21.9 Å². The highest BCUT2D eigenvalue weighted by molar-refractivity contribution is 6.06. The van der Waals surface area contributed by atoms with Gasteiger partial charge in [0.05, 0.1) is 11.0 Å². The maximum Gasteiger partial charge on any atom is 0.152 e. The summed E-state index contributed by atoms with van der Waals surface area (Å²) < 4.78 is 7.86. The Kier molecular flexibility index (Phi) is 4.48. The van der Waals surface area contributed by atoms with Crippen molar-refractivity contribution in [3.05, 3.63) is 30.1 Å². The molecule has 5 nitrogen and oxygen atoms in total. The van der Waals surface area contributed by atoms with Gasteiger partial charge in [-0.3, -0.25) is 0 Å². The summed E-state index contributed by atoms with van der Waals surface area (Å²) in [5.41, 5.74) is 8.92. The highest BCUT2D eigenvalue weighted by Crippen LogP contribution is 2.29. The van der Waals surface area contributed by atoms with Crippen molar-refractivity contribution in [3.63, 3.8) is 0 Å². The first-order chi connectivity index (χ1) is 11.1. The SMILES string of the molecule is CCOCc1nc2c(N)nc3ccccc3c2n1CCC(C)C. The lowest BCUT2D eigenvalue weighted by atomic mass is 10.1. The van der Waals surface area contributed by atoms with Crippen LogP contribution in [0.5, 0.6) is 0 Å². The average molecular weight is 312 g/mol. The Hall–Kier alpha value is -2.14. The Morgan fingerprint density at radius 1 is 1.22 bits per heavy atom. The Bertz CT molecular complexity index is 823. The van der Waals surface area contributed by atoms with E-state index in [1.807, 2.05) is 25.1 Å². The number of ether oxygens (including phenoxy) is 1. The number of fused-ring (bicyclic) bond motifs is 3. The van der Waals surface area contributed by atoms with Gasteiger partial charge in [-0.15, -0.1) is 0 Å². The molecule has 1 aromatic carbocycles. The number of nitrogens with zero attached hydrogens (tertiary/aromatic N) is 3. The summed E-state index contributed by atoms with van der Waals surface area (Å²) in [6.45, 7) is 8.53. The molecule has 0 radical (unpaired) electrons. The smallest absolute Gasteiger partial charge is 0.152 e. The summed E-state index contributed by atoms with van der Waals surface area (Å²) >= 11 is 0. The van der Waals surface area contributed by atoms with Crippen LogP contribution in [0.3, 0.4) is 0 Å². The highest BCUT2D eigenvalue weighted by atomic mass is 16.5. The number of rotatable bonds is 6. The van der Waals surface area contributed by atoms with Crippen molar-refractivity contribution < 1.29 is 4.74 Å². The van der Waals surface area contributed by atoms with Gasteiger partial charge in [0.2, 0.25) is 0 Å². The van der Waals surface area contributed by atoms with Gasteiger partial charge < -0.3 is 15.0 Å². The molecule has 0 bridgehead atoms. The van der Waals surface area contributed by atoms with Gasteiger partial charge in [0, 0.05) is 18.5 Å². The summed E-state index contributed by atoms with van der Waals surface area (Å²) in [6, 6.07) is 8.09. The molecule has 2 aromatic heterocycles. The first-order valence-corrected chi connectivity index (χ1v) is 8.22. The van der Waals surface area contributed by atoms with Crippen molar-refractivity contribution in [3.8, 4) is 0 Å². The summed E-state index contributed by atoms with van der Waals surface area (Å²) in [6.07, 6.45) is 1.08. The number of aromatic nitrogens is 3. The minimum atomic E-state index is 0.486. The molecule has 0 unspecified atom stereocenters. The van der Waals surface area contributed by atoms with Crippen molar-refractivity contribution in [2.75, 3.05) is 12.3 Å². The summed E-state index contributed by atoms with van der Waals surface area (Å²) in [5, 5.41) is 1.09. The van der Waals surface area contributed by atoms with Crippen molar-refractivity contribution in [2.45, 2.75) is 40.3 Å². The molecular formula is C18H24N4O. The molecule has 0 aliphatic heterocycles. The fraction of sp³-hybridized carbons (Fsp3) is 0.444. The Labute approximate surface area is 136 Å². The first-order valence-electron chi connectivity index (χ1n) is 8.22. The second-order valence-corrected chi connectivity index (χ2v) is 6.21. The molecule has 122 valence electrons. The zero-order chi connectivity index (χ0) is 16.4. The van der Waals surface area contributed by atoms with Gasteiger partial charge in [0.15, 0.2) is 5.82 Å². The topological polar surface area (TPSA) is 66.0 Å². The van der Waals surface area contributed by atoms with E-state index in [1.165, 1.54) is 0 Å². The number of nitrogens with two attached hydrogens (primary N) is 1. The van der Waals surface area contributed by atoms with Gasteiger partial charge in [0.1, 0.15) is 17.9 Å². The van der Waals surface area contributed by atoms with Crippen LogP contribution in [-0.4, -0.2) is 21.1 Å².